The van der Waals surface area contributed by atoms with Crippen molar-refractivity contribution in [2.24, 2.45) is 0 Å². The quantitative estimate of drug-likeness (QED) is 0.602. The van der Waals surface area contributed by atoms with Crippen molar-refractivity contribution in [2.45, 2.75) is 33.1 Å². The number of Topliss-reactive ketones (excluding diaryl/α,β-unsaturated/α-hetero) is 1. The van der Waals surface area contributed by atoms with Crippen LogP contribution in [0.3, 0.4) is 0 Å². The van der Waals surface area contributed by atoms with Gasteiger partial charge in [0.2, 0.25) is 0 Å². The highest BCUT2D eigenvalue weighted by molar-refractivity contribution is 5.99. The summed E-state index contributed by atoms with van der Waals surface area (Å²) >= 11 is 0. The molecule has 0 aliphatic carbocycles. The third-order valence-electron chi connectivity index (χ3n) is 5.63. The maximum atomic E-state index is 12.9. The Hall–Kier alpha value is -2.72. The maximum absolute atomic E-state index is 12.9. The molecule has 1 saturated heterocycles. The molecule has 4 rings (SSSR count). The molecular formula is C24H27N3O. The third kappa shape index (κ3) is 3.78. The molecule has 144 valence electrons. The van der Waals surface area contributed by atoms with E-state index in [-0.39, 0.29) is 5.78 Å². The Bertz CT molecular complexity index is 952. The average molecular weight is 374 g/mol. The van der Waals surface area contributed by atoms with Crippen LogP contribution in [-0.2, 0) is 0 Å². The van der Waals surface area contributed by atoms with Gasteiger partial charge in [-0.05, 0) is 70.1 Å². The summed E-state index contributed by atoms with van der Waals surface area (Å²) in [5.74, 6) is 0.228. The molecule has 1 aromatic carbocycles. The van der Waals surface area contributed by atoms with Crippen LogP contribution in [0.25, 0.3) is 16.9 Å². The molecule has 1 aliphatic rings. The smallest absolute Gasteiger partial charge is 0.178 e. The lowest BCUT2D eigenvalue weighted by atomic mass is 10.1. The van der Waals surface area contributed by atoms with Crippen LogP contribution >= 0.6 is 0 Å². The fourth-order valence-electron chi connectivity index (χ4n) is 4.16. The SMILES string of the molecule is Cc1cc(C(=O)CN2CCCCC2)c(C)n1-c1ccc(-c2ccccn2)cc1. The fourth-order valence-corrected chi connectivity index (χ4v) is 4.16. The first-order valence-corrected chi connectivity index (χ1v) is 10.1. The number of rotatable bonds is 5. The van der Waals surface area contributed by atoms with Crippen LogP contribution in [-0.4, -0.2) is 39.9 Å². The van der Waals surface area contributed by atoms with Crippen LogP contribution in [0.1, 0.15) is 41.0 Å². The van der Waals surface area contributed by atoms with Crippen molar-refractivity contribution in [1.29, 1.82) is 0 Å². The van der Waals surface area contributed by atoms with Gasteiger partial charge in [-0.3, -0.25) is 14.7 Å². The van der Waals surface area contributed by atoms with Gasteiger partial charge in [-0.15, -0.1) is 0 Å². The van der Waals surface area contributed by atoms with Crippen molar-refractivity contribution in [2.75, 3.05) is 19.6 Å². The number of aromatic nitrogens is 2. The van der Waals surface area contributed by atoms with Crippen LogP contribution < -0.4 is 0 Å². The molecule has 0 N–H and O–H groups in total. The monoisotopic (exact) mass is 373 g/mol. The molecule has 0 spiro atoms. The number of carbonyl (C=O) groups excluding carboxylic acids is 1. The van der Waals surface area contributed by atoms with Gasteiger partial charge in [-0.2, -0.15) is 0 Å². The highest BCUT2D eigenvalue weighted by Crippen LogP contribution is 2.24. The number of likely N-dealkylation sites (tertiary alicyclic amines) is 1. The largest absolute Gasteiger partial charge is 0.318 e. The predicted molar refractivity (Wildman–Crippen MR) is 113 cm³/mol. The molecule has 0 saturated carbocycles. The van der Waals surface area contributed by atoms with Gasteiger partial charge in [0.15, 0.2) is 5.78 Å². The minimum atomic E-state index is 0.228. The number of aryl methyl sites for hydroxylation is 1. The molecular weight excluding hydrogens is 346 g/mol. The topological polar surface area (TPSA) is 38.1 Å². The molecule has 28 heavy (non-hydrogen) atoms. The first-order chi connectivity index (χ1) is 13.6. The van der Waals surface area contributed by atoms with Gasteiger partial charge in [0.05, 0.1) is 12.2 Å². The van der Waals surface area contributed by atoms with Crippen molar-refractivity contribution in [3.05, 3.63) is 71.7 Å². The summed E-state index contributed by atoms with van der Waals surface area (Å²) in [4.78, 5) is 19.6. The summed E-state index contributed by atoms with van der Waals surface area (Å²) in [6.07, 6.45) is 5.50. The number of piperidine rings is 1. The summed E-state index contributed by atoms with van der Waals surface area (Å²) < 4.78 is 2.17. The molecule has 4 nitrogen and oxygen atoms in total. The number of hydrogen-bond acceptors (Lipinski definition) is 3. The molecule has 3 aromatic rings. The van der Waals surface area contributed by atoms with E-state index in [1.807, 2.05) is 37.4 Å². The first kappa shape index (κ1) is 18.6. The van der Waals surface area contributed by atoms with Gasteiger partial charge in [0, 0.05) is 34.4 Å². The van der Waals surface area contributed by atoms with Gasteiger partial charge < -0.3 is 4.57 Å². The van der Waals surface area contributed by atoms with Crippen molar-refractivity contribution in [3.8, 4) is 16.9 Å². The van der Waals surface area contributed by atoms with E-state index in [1.165, 1.54) is 19.3 Å². The molecule has 4 heteroatoms. The lowest BCUT2D eigenvalue weighted by Gasteiger charge is -2.25. The van der Waals surface area contributed by atoms with E-state index in [0.29, 0.717) is 6.54 Å². The van der Waals surface area contributed by atoms with Crippen LogP contribution in [0.2, 0.25) is 0 Å². The van der Waals surface area contributed by atoms with Crippen LogP contribution in [0.4, 0.5) is 0 Å². The molecule has 0 radical (unpaired) electrons. The van der Waals surface area contributed by atoms with Crippen molar-refractivity contribution in [3.63, 3.8) is 0 Å². The Labute approximate surface area is 166 Å². The minimum absolute atomic E-state index is 0.228. The number of benzene rings is 1. The highest BCUT2D eigenvalue weighted by atomic mass is 16.1. The summed E-state index contributed by atoms with van der Waals surface area (Å²) in [7, 11) is 0. The zero-order chi connectivity index (χ0) is 19.5. The van der Waals surface area contributed by atoms with E-state index >= 15 is 0 Å². The number of carbonyl (C=O) groups is 1. The lowest BCUT2D eigenvalue weighted by Crippen LogP contribution is -2.34. The van der Waals surface area contributed by atoms with E-state index in [9.17, 15) is 4.79 Å². The summed E-state index contributed by atoms with van der Waals surface area (Å²) in [5, 5.41) is 0. The van der Waals surface area contributed by atoms with Crippen molar-refractivity contribution in [1.82, 2.24) is 14.5 Å². The van der Waals surface area contributed by atoms with Crippen molar-refractivity contribution < 1.29 is 4.79 Å². The second kappa shape index (κ2) is 8.11. The molecule has 1 fully saturated rings. The zero-order valence-corrected chi connectivity index (χ0v) is 16.7. The van der Waals surface area contributed by atoms with Crippen LogP contribution in [0.15, 0.2) is 54.7 Å². The van der Waals surface area contributed by atoms with E-state index in [1.54, 1.807) is 0 Å². The number of hydrogen-bond donors (Lipinski definition) is 0. The summed E-state index contributed by atoms with van der Waals surface area (Å²) in [6.45, 7) is 6.72. The molecule has 0 bridgehead atoms. The number of ketones is 1. The van der Waals surface area contributed by atoms with E-state index < -0.39 is 0 Å². The van der Waals surface area contributed by atoms with Crippen LogP contribution in [0.5, 0.6) is 0 Å². The van der Waals surface area contributed by atoms with E-state index in [0.717, 1.165) is 47.0 Å². The normalized spacial score (nSPS) is 14.9. The summed E-state index contributed by atoms with van der Waals surface area (Å²) in [6, 6.07) is 16.3. The number of nitrogens with zero attached hydrogens (tertiary/aromatic N) is 3. The molecule has 1 aliphatic heterocycles. The fraction of sp³-hybridized carbons (Fsp3) is 0.333. The Balaban J connectivity index is 1.57. The van der Waals surface area contributed by atoms with Crippen molar-refractivity contribution >= 4 is 5.78 Å². The average Bonchev–Trinajstić information content (AvgIpc) is 3.04. The van der Waals surface area contributed by atoms with E-state index in [2.05, 4.69) is 45.6 Å². The Morgan fingerprint density at radius 1 is 1.00 bits per heavy atom. The predicted octanol–water partition coefficient (Wildman–Crippen LogP) is 4.82. The standard InChI is InChI=1S/C24H27N3O/c1-18-16-22(24(28)17-26-14-6-3-7-15-26)19(2)27(18)21-11-9-20(10-12-21)23-8-4-5-13-25-23/h4-5,8-13,16H,3,6-7,14-15,17H2,1-2H3. The second-order valence-electron chi connectivity index (χ2n) is 7.64. The maximum Gasteiger partial charge on any atom is 0.178 e. The lowest BCUT2D eigenvalue weighted by molar-refractivity contribution is 0.0915. The Kier molecular flexibility index (Phi) is 5.40. The third-order valence-corrected chi connectivity index (χ3v) is 5.63. The zero-order valence-electron chi connectivity index (χ0n) is 16.7. The molecule has 0 amide bonds. The molecule has 3 heterocycles. The Morgan fingerprint density at radius 3 is 2.43 bits per heavy atom. The number of pyridine rings is 1. The van der Waals surface area contributed by atoms with Gasteiger partial charge in [-0.25, -0.2) is 0 Å². The molecule has 0 atom stereocenters. The highest BCUT2D eigenvalue weighted by Gasteiger charge is 2.20. The first-order valence-electron chi connectivity index (χ1n) is 10.1. The second-order valence-corrected chi connectivity index (χ2v) is 7.64. The van der Waals surface area contributed by atoms with Gasteiger partial charge >= 0.3 is 0 Å². The summed E-state index contributed by atoms with van der Waals surface area (Å²) in [5.41, 5.74) is 6.08. The minimum Gasteiger partial charge on any atom is -0.318 e. The van der Waals surface area contributed by atoms with Gasteiger partial charge in [-0.1, -0.05) is 24.6 Å². The van der Waals surface area contributed by atoms with Crippen LogP contribution in [0, 0.1) is 13.8 Å². The molecule has 0 unspecified atom stereocenters. The molecule has 2 aromatic heterocycles. The van der Waals surface area contributed by atoms with E-state index in [4.69, 9.17) is 0 Å². The van der Waals surface area contributed by atoms with Gasteiger partial charge in [0.25, 0.3) is 0 Å². The Morgan fingerprint density at radius 2 is 1.75 bits per heavy atom. The van der Waals surface area contributed by atoms with Gasteiger partial charge in [0.1, 0.15) is 0 Å².